The lowest BCUT2D eigenvalue weighted by Gasteiger charge is -2.11. The largest absolute Gasteiger partial charge is 0.392 e. The molecule has 0 spiro atoms. The summed E-state index contributed by atoms with van der Waals surface area (Å²) in [5, 5.41) is 9.78. The van der Waals surface area contributed by atoms with E-state index >= 15 is 0 Å². The molecule has 1 aromatic rings. The summed E-state index contributed by atoms with van der Waals surface area (Å²) in [5.41, 5.74) is 1.20. The van der Waals surface area contributed by atoms with Gasteiger partial charge in [-0.2, -0.15) is 0 Å². The molecule has 102 valence electrons. The summed E-state index contributed by atoms with van der Waals surface area (Å²) in [6.45, 7) is 2.04. The molecule has 1 aromatic carbocycles. The van der Waals surface area contributed by atoms with Gasteiger partial charge in [0.15, 0.2) is 0 Å². The van der Waals surface area contributed by atoms with Gasteiger partial charge in [-0.1, -0.05) is 18.2 Å². The molecule has 0 aliphatic rings. The van der Waals surface area contributed by atoms with E-state index < -0.39 is 15.9 Å². The van der Waals surface area contributed by atoms with Gasteiger partial charge in [0.1, 0.15) is 9.84 Å². The molecular weight excluding hydrogens is 268 g/mol. The predicted molar refractivity (Wildman–Crippen MR) is 76.9 cm³/mol. The predicted octanol–water partition coefficient (Wildman–Crippen LogP) is 2.27. The van der Waals surface area contributed by atoms with Crippen molar-refractivity contribution in [3.63, 3.8) is 0 Å². The van der Waals surface area contributed by atoms with Crippen molar-refractivity contribution >= 4 is 21.6 Å². The molecule has 1 unspecified atom stereocenters. The molecule has 1 N–H and O–H groups in total. The summed E-state index contributed by atoms with van der Waals surface area (Å²) in [5.74, 6) is 0.758. The van der Waals surface area contributed by atoms with E-state index in [0.717, 1.165) is 0 Å². The Hall–Kier alpha value is -0.520. The van der Waals surface area contributed by atoms with Crippen molar-refractivity contribution < 1.29 is 13.5 Å². The highest BCUT2D eigenvalue weighted by Crippen LogP contribution is 2.23. The number of rotatable bonds is 7. The molecule has 0 radical (unpaired) electrons. The van der Waals surface area contributed by atoms with Crippen molar-refractivity contribution in [2.75, 3.05) is 17.8 Å². The normalized spacial score (nSPS) is 13.5. The highest BCUT2D eigenvalue weighted by Gasteiger charge is 2.08. The number of sulfone groups is 1. The molecule has 1 atom stereocenters. The first-order valence-corrected chi connectivity index (χ1v) is 8.97. The molecule has 0 aliphatic heterocycles. The first-order chi connectivity index (χ1) is 8.38. The highest BCUT2D eigenvalue weighted by molar-refractivity contribution is 7.99. The van der Waals surface area contributed by atoms with E-state index in [1.165, 1.54) is 16.7 Å². The number of thioether (sulfide) groups is 1. The van der Waals surface area contributed by atoms with Gasteiger partial charge in [-0.25, -0.2) is 8.42 Å². The third kappa shape index (κ3) is 6.42. The zero-order chi connectivity index (χ0) is 13.6. The number of aryl methyl sites for hydroxylation is 1. The van der Waals surface area contributed by atoms with Gasteiger partial charge in [0.05, 0.1) is 6.10 Å². The first kappa shape index (κ1) is 15.5. The number of benzene rings is 1. The molecule has 0 bridgehead atoms. The molecule has 0 heterocycles. The molecule has 0 saturated carbocycles. The third-order valence-electron chi connectivity index (χ3n) is 2.58. The van der Waals surface area contributed by atoms with Crippen molar-refractivity contribution in [2.45, 2.75) is 30.8 Å². The van der Waals surface area contributed by atoms with E-state index in [2.05, 4.69) is 0 Å². The summed E-state index contributed by atoms with van der Waals surface area (Å²) in [7, 11) is -2.91. The van der Waals surface area contributed by atoms with Gasteiger partial charge in [-0.15, -0.1) is 11.8 Å². The molecule has 0 aromatic heterocycles. The van der Waals surface area contributed by atoms with Crippen molar-refractivity contribution in [1.82, 2.24) is 0 Å². The average Bonchev–Trinajstić information content (AvgIpc) is 2.26. The SMILES string of the molecule is Cc1ccccc1SCC(O)CCCS(C)(=O)=O. The Labute approximate surface area is 114 Å². The molecule has 5 heteroatoms. The summed E-state index contributed by atoms with van der Waals surface area (Å²) in [6, 6.07) is 8.04. The average molecular weight is 288 g/mol. The molecule has 3 nitrogen and oxygen atoms in total. The van der Waals surface area contributed by atoms with E-state index in [1.54, 1.807) is 11.8 Å². The van der Waals surface area contributed by atoms with Crippen LogP contribution in [0.3, 0.4) is 0 Å². The van der Waals surface area contributed by atoms with Crippen LogP contribution >= 0.6 is 11.8 Å². The molecule has 0 aliphatic carbocycles. The van der Waals surface area contributed by atoms with Crippen molar-refractivity contribution in [3.05, 3.63) is 29.8 Å². The van der Waals surface area contributed by atoms with Gasteiger partial charge in [0, 0.05) is 22.7 Å². The summed E-state index contributed by atoms with van der Waals surface area (Å²) >= 11 is 1.61. The number of hydrogen-bond acceptors (Lipinski definition) is 4. The van der Waals surface area contributed by atoms with E-state index in [9.17, 15) is 13.5 Å². The lowest BCUT2D eigenvalue weighted by atomic mass is 10.2. The lowest BCUT2D eigenvalue weighted by Crippen LogP contribution is -2.12. The molecule has 0 saturated heterocycles. The molecule has 0 fully saturated rings. The second-order valence-electron chi connectivity index (χ2n) is 4.50. The van der Waals surface area contributed by atoms with Crippen LogP contribution in [0.4, 0.5) is 0 Å². The number of aliphatic hydroxyl groups excluding tert-OH is 1. The fourth-order valence-corrected chi connectivity index (χ4v) is 3.27. The van der Waals surface area contributed by atoms with Crippen LogP contribution in [0.1, 0.15) is 18.4 Å². The maximum atomic E-state index is 10.9. The van der Waals surface area contributed by atoms with E-state index in [1.807, 2.05) is 31.2 Å². The Kier molecular flexibility index (Phi) is 6.18. The Morgan fingerprint density at radius 2 is 2.00 bits per heavy atom. The van der Waals surface area contributed by atoms with Crippen molar-refractivity contribution in [1.29, 1.82) is 0 Å². The van der Waals surface area contributed by atoms with Gasteiger partial charge >= 0.3 is 0 Å². The van der Waals surface area contributed by atoms with E-state index in [-0.39, 0.29) is 5.75 Å². The van der Waals surface area contributed by atoms with Gasteiger partial charge in [0.25, 0.3) is 0 Å². The maximum absolute atomic E-state index is 10.9. The highest BCUT2D eigenvalue weighted by atomic mass is 32.2. The Morgan fingerprint density at radius 1 is 1.33 bits per heavy atom. The summed E-state index contributed by atoms with van der Waals surface area (Å²) in [6.07, 6.45) is 1.83. The third-order valence-corrected chi connectivity index (χ3v) is 4.93. The quantitative estimate of drug-likeness (QED) is 0.782. The van der Waals surface area contributed by atoms with Crippen LogP contribution in [0, 0.1) is 6.92 Å². The second kappa shape index (κ2) is 7.16. The van der Waals surface area contributed by atoms with Gasteiger partial charge in [0.2, 0.25) is 0 Å². The Bertz CT molecular complexity index is 469. The standard InChI is InChI=1S/C13H20O3S2/c1-11-6-3-4-8-13(11)17-10-12(14)7-5-9-18(2,15)16/h3-4,6,8,12,14H,5,7,9-10H2,1-2H3. The van der Waals surface area contributed by atoms with Crippen LogP contribution in [0.15, 0.2) is 29.2 Å². The van der Waals surface area contributed by atoms with Gasteiger partial charge < -0.3 is 5.11 Å². The maximum Gasteiger partial charge on any atom is 0.147 e. The van der Waals surface area contributed by atoms with Crippen molar-refractivity contribution in [3.8, 4) is 0 Å². The molecule has 18 heavy (non-hydrogen) atoms. The minimum Gasteiger partial charge on any atom is -0.392 e. The summed E-state index contributed by atoms with van der Waals surface area (Å²) in [4.78, 5) is 1.17. The van der Waals surface area contributed by atoms with Gasteiger partial charge in [-0.05, 0) is 31.4 Å². The minimum absolute atomic E-state index is 0.152. The van der Waals surface area contributed by atoms with Crippen LogP contribution in [-0.2, 0) is 9.84 Å². The number of aliphatic hydroxyl groups is 1. The fourth-order valence-electron chi connectivity index (χ4n) is 1.57. The van der Waals surface area contributed by atoms with Gasteiger partial charge in [-0.3, -0.25) is 0 Å². The molecular formula is C13H20O3S2. The van der Waals surface area contributed by atoms with Crippen LogP contribution in [-0.4, -0.2) is 37.4 Å². The molecule has 0 amide bonds. The van der Waals surface area contributed by atoms with E-state index in [4.69, 9.17) is 0 Å². The van der Waals surface area contributed by atoms with Crippen LogP contribution in [0.5, 0.6) is 0 Å². The fraction of sp³-hybridized carbons (Fsp3) is 0.538. The monoisotopic (exact) mass is 288 g/mol. The summed E-state index contributed by atoms with van der Waals surface area (Å²) < 4.78 is 21.9. The molecule has 1 rings (SSSR count). The first-order valence-electron chi connectivity index (χ1n) is 5.93. The minimum atomic E-state index is -2.91. The van der Waals surface area contributed by atoms with E-state index in [0.29, 0.717) is 18.6 Å². The van der Waals surface area contributed by atoms with Crippen molar-refractivity contribution in [2.24, 2.45) is 0 Å². The zero-order valence-corrected chi connectivity index (χ0v) is 12.4. The lowest BCUT2D eigenvalue weighted by molar-refractivity contribution is 0.188. The Balaban J connectivity index is 2.29. The second-order valence-corrected chi connectivity index (χ2v) is 7.82. The van der Waals surface area contributed by atoms with Crippen LogP contribution in [0.2, 0.25) is 0 Å². The van der Waals surface area contributed by atoms with Crippen LogP contribution in [0.25, 0.3) is 0 Å². The number of hydrogen-bond donors (Lipinski definition) is 1. The zero-order valence-electron chi connectivity index (χ0n) is 10.8. The van der Waals surface area contributed by atoms with Crippen LogP contribution < -0.4 is 0 Å². The smallest absolute Gasteiger partial charge is 0.147 e. The topological polar surface area (TPSA) is 54.4 Å². The Morgan fingerprint density at radius 3 is 2.61 bits per heavy atom.